The number of hydrogen-bond donors (Lipinski definition) is 3. The maximum atomic E-state index is 12.2. The second-order valence-electron chi connectivity index (χ2n) is 5.78. The Bertz CT molecular complexity index is 673. The summed E-state index contributed by atoms with van der Waals surface area (Å²) < 4.78 is 0. The van der Waals surface area contributed by atoms with Crippen LogP contribution in [-0.2, 0) is 4.79 Å². The van der Waals surface area contributed by atoms with Gasteiger partial charge < -0.3 is 15.6 Å². The zero-order valence-electron chi connectivity index (χ0n) is 12.5. The summed E-state index contributed by atoms with van der Waals surface area (Å²) in [5, 5.41) is 6.86. The van der Waals surface area contributed by atoms with E-state index in [1.54, 1.807) is 0 Å². The predicted octanol–water partition coefficient (Wildman–Crippen LogP) is 2.20. The summed E-state index contributed by atoms with van der Waals surface area (Å²) in [6, 6.07) is 7.61. The first-order chi connectivity index (χ1) is 10.8. The molecule has 1 heterocycles. The highest BCUT2D eigenvalue weighted by atomic mass is 16.2. The van der Waals surface area contributed by atoms with E-state index in [-0.39, 0.29) is 17.7 Å². The number of nitrogens with one attached hydrogen (secondary N) is 3. The second-order valence-corrected chi connectivity index (χ2v) is 5.78. The topological polar surface area (TPSA) is 74.0 Å². The number of benzene rings is 1. The molecule has 3 N–H and O–H groups in total. The Labute approximate surface area is 129 Å². The molecule has 0 unspecified atom stereocenters. The number of H-pyrrole nitrogens is 1. The van der Waals surface area contributed by atoms with Crippen molar-refractivity contribution in [3.05, 3.63) is 36.0 Å². The Morgan fingerprint density at radius 1 is 1.14 bits per heavy atom. The Hall–Kier alpha value is -2.30. The van der Waals surface area contributed by atoms with Crippen LogP contribution < -0.4 is 10.6 Å². The van der Waals surface area contributed by atoms with Crippen molar-refractivity contribution < 1.29 is 9.59 Å². The van der Waals surface area contributed by atoms with E-state index in [0.29, 0.717) is 18.7 Å². The fraction of sp³-hybridized carbons (Fsp3) is 0.412. The van der Waals surface area contributed by atoms with Crippen molar-refractivity contribution in [2.45, 2.75) is 25.7 Å². The van der Waals surface area contributed by atoms with Gasteiger partial charge in [0.2, 0.25) is 5.91 Å². The minimum Gasteiger partial charge on any atom is -0.361 e. The zero-order valence-corrected chi connectivity index (χ0v) is 12.5. The molecule has 0 radical (unpaired) electrons. The number of carbonyl (C=O) groups excluding carboxylic acids is 2. The number of para-hydroxylation sites is 1. The van der Waals surface area contributed by atoms with E-state index in [1.807, 2.05) is 30.5 Å². The van der Waals surface area contributed by atoms with E-state index < -0.39 is 0 Å². The van der Waals surface area contributed by atoms with Crippen molar-refractivity contribution in [2.75, 3.05) is 13.1 Å². The fourth-order valence-corrected chi connectivity index (χ4v) is 2.69. The van der Waals surface area contributed by atoms with Crippen LogP contribution in [0.4, 0.5) is 0 Å². The summed E-state index contributed by atoms with van der Waals surface area (Å²) in [5.41, 5.74) is 1.51. The molecule has 5 heteroatoms. The van der Waals surface area contributed by atoms with Gasteiger partial charge >= 0.3 is 0 Å². The fourth-order valence-electron chi connectivity index (χ4n) is 2.69. The molecule has 5 nitrogen and oxygen atoms in total. The first kappa shape index (κ1) is 14.6. The van der Waals surface area contributed by atoms with E-state index in [1.165, 1.54) is 6.42 Å². The molecule has 2 amide bonds. The van der Waals surface area contributed by atoms with Crippen LogP contribution in [0.2, 0.25) is 0 Å². The Morgan fingerprint density at radius 2 is 1.95 bits per heavy atom. The van der Waals surface area contributed by atoms with E-state index in [2.05, 4.69) is 15.6 Å². The average molecular weight is 299 g/mol. The molecule has 0 bridgehead atoms. The first-order valence-corrected chi connectivity index (χ1v) is 7.88. The lowest BCUT2D eigenvalue weighted by Crippen LogP contribution is -2.36. The molecular formula is C17H21N3O2. The molecule has 2 aromatic rings. The molecule has 116 valence electrons. The van der Waals surface area contributed by atoms with E-state index in [0.717, 1.165) is 30.2 Å². The van der Waals surface area contributed by atoms with Crippen molar-refractivity contribution in [2.24, 2.45) is 5.92 Å². The van der Waals surface area contributed by atoms with Crippen molar-refractivity contribution >= 4 is 22.7 Å². The molecule has 1 fully saturated rings. The molecule has 3 rings (SSSR count). The summed E-state index contributed by atoms with van der Waals surface area (Å²) in [4.78, 5) is 27.0. The maximum Gasteiger partial charge on any atom is 0.253 e. The van der Waals surface area contributed by atoms with E-state index in [4.69, 9.17) is 0 Å². The van der Waals surface area contributed by atoms with Crippen LogP contribution >= 0.6 is 0 Å². The van der Waals surface area contributed by atoms with Crippen LogP contribution in [0.15, 0.2) is 30.5 Å². The minimum atomic E-state index is -0.0848. The van der Waals surface area contributed by atoms with Gasteiger partial charge in [-0.25, -0.2) is 0 Å². The zero-order chi connectivity index (χ0) is 15.4. The molecule has 1 aromatic heterocycles. The third-order valence-electron chi connectivity index (χ3n) is 4.25. The van der Waals surface area contributed by atoms with Gasteiger partial charge in [0.05, 0.1) is 11.1 Å². The number of hydrogen-bond acceptors (Lipinski definition) is 2. The van der Waals surface area contributed by atoms with Gasteiger partial charge in [-0.2, -0.15) is 0 Å². The number of fused-ring (bicyclic) bond motifs is 1. The van der Waals surface area contributed by atoms with E-state index >= 15 is 0 Å². The normalized spacial score (nSPS) is 14.5. The molecular weight excluding hydrogens is 278 g/mol. The quantitative estimate of drug-likeness (QED) is 0.715. The van der Waals surface area contributed by atoms with Gasteiger partial charge in [-0.15, -0.1) is 0 Å². The van der Waals surface area contributed by atoms with E-state index in [9.17, 15) is 9.59 Å². The summed E-state index contributed by atoms with van der Waals surface area (Å²) in [5.74, 6) is 0.298. The largest absolute Gasteiger partial charge is 0.361 e. The summed E-state index contributed by atoms with van der Waals surface area (Å²) in [7, 11) is 0. The van der Waals surface area contributed by atoms with Gasteiger partial charge in [-0.3, -0.25) is 9.59 Å². The number of aromatic amines is 1. The van der Waals surface area contributed by atoms with Crippen LogP contribution in [0, 0.1) is 5.92 Å². The van der Waals surface area contributed by atoms with Gasteiger partial charge in [0.25, 0.3) is 5.91 Å². The summed E-state index contributed by atoms with van der Waals surface area (Å²) in [6.45, 7) is 1.17. The smallest absolute Gasteiger partial charge is 0.253 e. The Morgan fingerprint density at radius 3 is 2.73 bits per heavy atom. The number of amides is 2. The first-order valence-electron chi connectivity index (χ1n) is 7.88. The Kier molecular flexibility index (Phi) is 4.42. The number of rotatable bonds is 6. The molecule has 0 spiro atoms. The molecule has 1 saturated carbocycles. The molecule has 1 aliphatic carbocycles. The van der Waals surface area contributed by atoms with Gasteiger partial charge in [-0.05, 0) is 31.4 Å². The lowest BCUT2D eigenvalue weighted by atomic mass is 9.85. The van der Waals surface area contributed by atoms with Crippen molar-refractivity contribution in [3.63, 3.8) is 0 Å². The van der Waals surface area contributed by atoms with Gasteiger partial charge in [-0.1, -0.05) is 18.6 Å². The molecule has 22 heavy (non-hydrogen) atoms. The second kappa shape index (κ2) is 6.64. The number of aromatic nitrogens is 1. The highest BCUT2D eigenvalue weighted by molar-refractivity contribution is 6.05. The maximum absolute atomic E-state index is 12.2. The molecule has 0 aliphatic heterocycles. The Balaban J connectivity index is 1.42. The lowest BCUT2D eigenvalue weighted by Gasteiger charge is -2.23. The predicted molar refractivity (Wildman–Crippen MR) is 85.6 cm³/mol. The lowest BCUT2D eigenvalue weighted by molar-refractivity contribution is -0.127. The average Bonchev–Trinajstić information content (AvgIpc) is 2.93. The molecule has 0 atom stereocenters. The van der Waals surface area contributed by atoms with Crippen molar-refractivity contribution in [1.29, 1.82) is 0 Å². The third kappa shape index (κ3) is 3.13. The standard InChI is InChI=1S/C17H21N3O2/c21-16(13-5-1-6-13)19-9-3-10-20-17(22)14-7-2-4-12-8-11-18-15(12)14/h2,4,7-8,11,13,18H,1,3,5-6,9-10H2,(H,19,21)(H,20,22). The van der Waals surface area contributed by atoms with Gasteiger partial charge in [0.15, 0.2) is 0 Å². The number of carbonyl (C=O) groups is 2. The van der Waals surface area contributed by atoms with Crippen LogP contribution in [0.25, 0.3) is 10.9 Å². The van der Waals surface area contributed by atoms with Crippen molar-refractivity contribution in [1.82, 2.24) is 15.6 Å². The summed E-state index contributed by atoms with van der Waals surface area (Å²) in [6.07, 6.45) is 5.77. The third-order valence-corrected chi connectivity index (χ3v) is 4.25. The van der Waals surface area contributed by atoms with Crippen LogP contribution in [0.1, 0.15) is 36.0 Å². The molecule has 0 saturated heterocycles. The SMILES string of the molecule is O=C(NCCCNC(=O)C1CCC1)c1cccc2cc[nH]c12. The highest BCUT2D eigenvalue weighted by Gasteiger charge is 2.24. The van der Waals surface area contributed by atoms with Crippen molar-refractivity contribution in [3.8, 4) is 0 Å². The van der Waals surface area contributed by atoms with Gasteiger partial charge in [0, 0.05) is 30.6 Å². The minimum absolute atomic E-state index is 0.0848. The molecule has 1 aromatic carbocycles. The monoisotopic (exact) mass is 299 g/mol. The summed E-state index contributed by atoms with van der Waals surface area (Å²) >= 11 is 0. The van der Waals surface area contributed by atoms with Crippen LogP contribution in [0.5, 0.6) is 0 Å². The highest BCUT2D eigenvalue weighted by Crippen LogP contribution is 2.26. The van der Waals surface area contributed by atoms with Gasteiger partial charge in [0.1, 0.15) is 0 Å². The van der Waals surface area contributed by atoms with Crippen LogP contribution in [0.3, 0.4) is 0 Å². The van der Waals surface area contributed by atoms with Crippen LogP contribution in [-0.4, -0.2) is 29.9 Å². The molecule has 1 aliphatic rings.